The molecule has 0 spiro atoms. The van der Waals surface area contributed by atoms with Crippen LogP contribution in [0.15, 0.2) is 42.5 Å². The van der Waals surface area contributed by atoms with Crippen molar-refractivity contribution in [2.75, 3.05) is 31.6 Å². The summed E-state index contributed by atoms with van der Waals surface area (Å²) in [6.07, 6.45) is 2.94. The van der Waals surface area contributed by atoms with E-state index in [1.165, 1.54) is 23.4 Å². The summed E-state index contributed by atoms with van der Waals surface area (Å²) in [5, 5.41) is 3.23. The van der Waals surface area contributed by atoms with Crippen LogP contribution >= 0.6 is 0 Å². The maximum Gasteiger partial charge on any atom is 0.225 e. The topological polar surface area (TPSA) is 44.8 Å². The number of fused-ring (bicyclic) bond motifs is 3. The molecule has 1 saturated carbocycles. The molecule has 1 aliphatic carbocycles. The summed E-state index contributed by atoms with van der Waals surface area (Å²) in [4.78, 5) is 17.9. The zero-order chi connectivity index (χ0) is 20.7. The molecule has 0 radical (unpaired) electrons. The minimum atomic E-state index is -0.210. The molecule has 0 bridgehead atoms. The molecule has 2 heterocycles. The molecule has 0 unspecified atom stereocenters. The quantitative estimate of drug-likeness (QED) is 0.825. The number of anilines is 1. The van der Waals surface area contributed by atoms with Crippen molar-refractivity contribution < 1.29 is 13.9 Å². The van der Waals surface area contributed by atoms with Gasteiger partial charge in [0.15, 0.2) is 0 Å². The Morgan fingerprint density at radius 2 is 1.97 bits per heavy atom. The van der Waals surface area contributed by atoms with E-state index < -0.39 is 0 Å². The first kappa shape index (κ1) is 19.4. The van der Waals surface area contributed by atoms with Crippen LogP contribution in [0.25, 0.3) is 0 Å². The predicted molar refractivity (Wildman–Crippen MR) is 114 cm³/mol. The van der Waals surface area contributed by atoms with Crippen LogP contribution in [0.3, 0.4) is 0 Å². The van der Waals surface area contributed by atoms with Gasteiger partial charge in [0.05, 0.1) is 19.1 Å². The molecule has 2 aromatic carbocycles. The molecule has 3 aliphatic rings. The molecule has 30 heavy (non-hydrogen) atoms. The van der Waals surface area contributed by atoms with Crippen LogP contribution in [-0.4, -0.2) is 49.6 Å². The van der Waals surface area contributed by atoms with E-state index in [-0.39, 0.29) is 23.7 Å². The second-order valence-corrected chi connectivity index (χ2v) is 8.71. The van der Waals surface area contributed by atoms with E-state index in [0.29, 0.717) is 6.04 Å². The standard InChI is InChI=1S/C24H28FN3O2/c1-30-20-9-4-17-12-21(24(29)26-19-7-8-19)23-15-27(10-11-28(23)22(17)13-20)14-16-2-5-18(25)6-3-16/h2-6,9,13,19,21,23H,7-8,10-12,14-15H2,1H3,(H,26,29)/t21-,23+/m1/s1. The lowest BCUT2D eigenvalue weighted by Crippen LogP contribution is -2.61. The number of ether oxygens (including phenoxy) is 1. The first-order valence-electron chi connectivity index (χ1n) is 10.8. The zero-order valence-corrected chi connectivity index (χ0v) is 17.3. The average Bonchev–Trinajstić information content (AvgIpc) is 3.58. The summed E-state index contributed by atoms with van der Waals surface area (Å²) in [7, 11) is 1.69. The van der Waals surface area contributed by atoms with Gasteiger partial charge in [-0.25, -0.2) is 4.39 Å². The lowest BCUT2D eigenvalue weighted by atomic mass is 9.83. The highest BCUT2D eigenvalue weighted by Gasteiger charge is 2.42. The Kier molecular flexibility index (Phi) is 5.11. The van der Waals surface area contributed by atoms with Crippen molar-refractivity contribution >= 4 is 11.6 Å². The van der Waals surface area contributed by atoms with E-state index >= 15 is 0 Å². The third kappa shape index (κ3) is 3.88. The van der Waals surface area contributed by atoms with Crippen LogP contribution in [0.2, 0.25) is 0 Å². The number of carbonyl (C=O) groups excluding carboxylic acids is 1. The molecule has 2 atom stereocenters. The van der Waals surface area contributed by atoms with Crippen LogP contribution in [0, 0.1) is 11.7 Å². The van der Waals surface area contributed by atoms with E-state index in [2.05, 4.69) is 27.2 Å². The van der Waals surface area contributed by atoms with Crippen LogP contribution in [0.1, 0.15) is 24.0 Å². The summed E-state index contributed by atoms with van der Waals surface area (Å²) in [5.41, 5.74) is 3.51. The Hall–Kier alpha value is -2.60. The fraction of sp³-hybridized carbons (Fsp3) is 0.458. The summed E-state index contributed by atoms with van der Waals surface area (Å²) >= 11 is 0. The smallest absolute Gasteiger partial charge is 0.225 e. The highest BCUT2D eigenvalue weighted by molar-refractivity contribution is 5.82. The van der Waals surface area contributed by atoms with Crippen molar-refractivity contribution in [1.29, 1.82) is 0 Å². The fourth-order valence-electron chi connectivity index (χ4n) is 4.79. The van der Waals surface area contributed by atoms with Gasteiger partial charge in [-0.2, -0.15) is 0 Å². The molecule has 2 aromatic rings. The van der Waals surface area contributed by atoms with Crippen LogP contribution in [0.4, 0.5) is 10.1 Å². The van der Waals surface area contributed by atoms with Gasteiger partial charge in [0, 0.05) is 44.0 Å². The first-order chi connectivity index (χ1) is 14.6. The first-order valence-corrected chi connectivity index (χ1v) is 10.8. The van der Waals surface area contributed by atoms with E-state index in [9.17, 15) is 9.18 Å². The number of methoxy groups -OCH3 is 1. The molecular weight excluding hydrogens is 381 g/mol. The third-order valence-electron chi connectivity index (χ3n) is 6.59. The number of halogens is 1. The summed E-state index contributed by atoms with van der Waals surface area (Å²) in [6.45, 7) is 3.35. The monoisotopic (exact) mass is 409 g/mol. The highest BCUT2D eigenvalue weighted by Crippen LogP contribution is 2.38. The van der Waals surface area contributed by atoms with Crippen LogP contribution < -0.4 is 15.0 Å². The van der Waals surface area contributed by atoms with Gasteiger partial charge in [-0.15, -0.1) is 0 Å². The van der Waals surface area contributed by atoms with E-state index in [1.807, 2.05) is 18.2 Å². The normalized spacial score (nSPS) is 23.5. The molecule has 0 aromatic heterocycles. The third-order valence-corrected chi connectivity index (χ3v) is 6.59. The summed E-state index contributed by atoms with van der Waals surface area (Å²) in [6, 6.07) is 13.4. The number of nitrogens with zero attached hydrogens (tertiary/aromatic N) is 2. The molecule has 5 rings (SSSR count). The van der Waals surface area contributed by atoms with Gasteiger partial charge < -0.3 is 15.0 Å². The molecule has 5 nitrogen and oxygen atoms in total. The molecule has 2 fully saturated rings. The van der Waals surface area contributed by atoms with Crippen molar-refractivity contribution in [3.05, 3.63) is 59.4 Å². The number of rotatable bonds is 5. The zero-order valence-electron chi connectivity index (χ0n) is 17.3. The number of hydrogen-bond donors (Lipinski definition) is 1. The number of amides is 1. The maximum absolute atomic E-state index is 13.3. The minimum Gasteiger partial charge on any atom is -0.497 e. The molecule has 1 saturated heterocycles. The number of piperazine rings is 1. The van der Waals surface area contributed by atoms with Gasteiger partial charge in [0.25, 0.3) is 0 Å². The number of nitrogens with one attached hydrogen (secondary N) is 1. The second kappa shape index (κ2) is 7.91. The van der Waals surface area contributed by atoms with Crippen LogP contribution in [0.5, 0.6) is 5.75 Å². The molecule has 158 valence electrons. The number of carbonyl (C=O) groups is 1. The fourth-order valence-corrected chi connectivity index (χ4v) is 4.79. The Morgan fingerprint density at radius 3 is 2.70 bits per heavy atom. The number of benzene rings is 2. The van der Waals surface area contributed by atoms with Gasteiger partial charge in [-0.1, -0.05) is 18.2 Å². The van der Waals surface area contributed by atoms with Gasteiger partial charge >= 0.3 is 0 Å². The van der Waals surface area contributed by atoms with Gasteiger partial charge in [-0.05, 0) is 48.6 Å². The molecular formula is C24H28FN3O2. The summed E-state index contributed by atoms with van der Waals surface area (Å²) in [5.74, 6) is 0.750. The molecule has 2 aliphatic heterocycles. The Labute approximate surface area is 176 Å². The highest BCUT2D eigenvalue weighted by atomic mass is 19.1. The summed E-state index contributed by atoms with van der Waals surface area (Å²) < 4.78 is 18.7. The van der Waals surface area contributed by atoms with Crippen molar-refractivity contribution in [3.63, 3.8) is 0 Å². The SMILES string of the molecule is COc1ccc2c(c1)N1CCN(Cc3ccc(F)cc3)C[C@H]1[C@H](C(=O)NC1CC1)C2. The van der Waals surface area contributed by atoms with E-state index in [0.717, 1.165) is 56.8 Å². The molecule has 1 amide bonds. The Balaban J connectivity index is 1.40. The Bertz CT molecular complexity index is 929. The minimum absolute atomic E-state index is 0.0671. The van der Waals surface area contributed by atoms with Crippen LogP contribution in [-0.2, 0) is 17.8 Å². The predicted octanol–water partition coefficient (Wildman–Crippen LogP) is 2.98. The lowest BCUT2D eigenvalue weighted by molar-refractivity contribution is -0.126. The maximum atomic E-state index is 13.3. The second-order valence-electron chi connectivity index (χ2n) is 8.71. The Morgan fingerprint density at radius 1 is 1.17 bits per heavy atom. The number of hydrogen-bond acceptors (Lipinski definition) is 4. The van der Waals surface area contributed by atoms with Gasteiger partial charge in [0.1, 0.15) is 11.6 Å². The molecule has 1 N–H and O–H groups in total. The van der Waals surface area contributed by atoms with Gasteiger partial charge in [0.2, 0.25) is 5.91 Å². The lowest BCUT2D eigenvalue weighted by Gasteiger charge is -2.49. The largest absolute Gasteiger partial charge is 0.497 e. The molecule has 6 heteroatoms. The van der Waals surface area contributed by atoms with E-state index in [4.69, 9.17) is 4.74 Å². The van der Waals surface area contributed by atoms with Crippen molar-refractivity contribution in [2.45, 2.75) is 37.9 Å². The van der Waals surface area contributed by atoms with Gasteiger partial charge in [-0.3, -0.25) is 9.69 Å². The average molecular weight is 410 g/mol. The van der Waals surface area contributed by atoms with E-state index in [1.54, 1.807) is 7.11 Å². The van der Waals surface area contributed by atoms with Crippen molar-refractivity contribution in [3.8, 4) is 5.75 Å². The van der Waals surface area contributed by atoms with Crippen molar-refractivity contribution in [2.24, 2.45) is 5.92 Å². The van der Waals surface area contributed by atoms with Crippen molar-refractivity contribution in [1.82, 2.24) is 10.2 Å².